The number of carboxylic acids is 2. The average Bonchev–Trinajstić information content (AvgIpc) is 2.28. The molecule has 1 aromatic rings. The number of halogens is 1. The van der Waals surface area contributed by atoms with Gasteiger partial charge >= 0.3 is 11.9 Å². The fourth-order valence-electron chi connectivity index (χ4n) is 1.57. The highest BCUT2D eigenvalue weighted by Gasteiger charge is 2.10. The first-order chi connectivity index (χ1) is 8.88. The number of carbonyl (C=O) groups is 3. The fraction of sp³-hybridized carbons (Fsp3) is 0.154. The first-order valence-electron chi connectivity index (χ1n) is 5.31. The van der Waals surface area contributed by atoms with Crippen LogP contribution in [0.4, 0.5) is 0 Å². The Hall–Kier alpha value is -2.14. The Balaban J connectivity index is 3.10. The van der Waals surface area contributed by atoms with Gasteiger partial charge in [0.2, 0.25) is 5.24 Å². The topological polar surface area (TPSA) is 91.7 Å². The number of hydrogen-bond donors (Lipinski definition) is 2. The van der Waals surface area contributed by atoms with Crippen molar-refractivity contribution in [2.45, 2.75) is 12.8 Å². The van der Waals surface area contributed by atoms with Gasteiger partial charge in [-0.3, -0.25) is 14.4 Å². The van der Waals surface area contributed by atoms with E-state index in [-0.39, 0.29) is 12.8 Å². The van der Waals surface area contributed by atoms with Gasteiger partial charge < -0.3 is 10.2 Å². The molecule has 0 aliphatic rings. The number of aliphatic carboxylic acids is 2. The summed E-state index contributed by atoms with van der Waals surface area (Å²) in [6.07, 6.45) is 2.05. The molecule has 0 saturated carbocycles. The highest BCUT2D eigenvalue weighted by atomic mass is 35.5. The molecule has 0 heterocycles. The minimum Gasteiger partial charge on any atom is -0.481 e. The zero-order valence-electron chi connectivity index (χ0n) is 9.80. The van der Waals surface area contributed by atoms with Crippen molar-refractivity contribution < 1.29 is 24.6 Å². The molecular formula is C13H11ClO5. The van der Waals surface area contributed by atoms with E-state index in [4.69, 9.17) is 21.8 Å². The number of benzene rings is 1. The van der Waals surface area contributed by atoms with E-state index >= 15 is 0 Å². The summed E-state index contributed by atoms with van der Waals surface area (Å²) in [6, 6.07) is 4.66. The summed E-state index contributed by atoms with van der Waals surface area (Å²) in [5.74, 6) is -2.09. The molecule has 19 heavy (non-hydrogen) atoms. The predicted molar refractivity (Wildman–Crippen MR) is 69.0 cm³/mol. The van der Waals surface area contributed by atoms with Crippen LogP contribution in [0.1, 0.15) is 16.7 Å². The Bertz CT molecular complexity index is 548. The number of carboxylic acid groups (broad SMARTS) is 2. The molecule has 1 aromatic carbocycles. The van der Waals surface area contributed by atoms with Crippen molar-refractivity contribution in [1.82, 2.24) is 0 Å². The van der Waals surface area contributed by atoms with Crippen LogP contribution in [-0.4, -0.2) is 27.4 Å². The summed E-state index contributed by atoms with van der Waals surface area (Å²) < 4.78 is 0. The Morgan fingerprint density at radius 2 is 1.63 bits per heavy atom. The molecule has 6 heteroatoms. The third-order valence-electron chi connectivity index (χ3n) is 2.32. The molecule has 0 radical (unpaired) electrons. The first-order valence-corrected chi connectivity index (χ1v) is 5.69. The Morgan fingerprint density at radius 1 is 1.05 bits per heavy atom. The zero-order chi connectivity index (χ0) is 14.4. The highest BCUT2D eigenvalue weighted by Crippen LogP contribution is 2.15. The standard InChI is InChI=1S/C13H11ClO5/c14-11(15)4-2-8-1-3-9(6-12(16)17)10(5-8)7-13(18)19/h1-5H,6-7H2,(H,16,17)(H,18,19)/b4-2+. The van der Waals surface area contributed by atoms with E-state index in [1.807, 2.05) is 0 Å². The molecule has 0 fully saturated rings. The van der Waals surface area contributed by atoms with Gasteiger partial charge in [0.25, 0.3) is 0 Å². The molecule has 0 spiro atoms. The van der Waals surface area contributed by atoms with E-state index in [0.717, 1.165) is 6.08 Å². The normalized spacial score (nSPS) is 10.6. The Kier molecular flexibility index (Phi) is 5.26. The SMILES string of the molecule is O=C(Cl)/C=C/c1ccc(CC(=O)O)c(CC(=O)O)c1. The van der Waals surface area contributed by atoms with Crippen molar-refractivity contribution in [3.63, 3.8) is 0 Å². The van der Waals surface area contributed by atoms with E-state index < -0.39 is 17.2 Å². The monoisotopic (exact) mass is 282 g/mol. The molecule has 0 aromatic heterocycles. The minimum atomic E-state index is -1.05. The number of allylic oxidation sites excluding steroid dienone is 1. The number of carbonyl (C=O) groups excluding carboxylic acids is 1. The lowest BCUT2D eigenvalue weighted by molar-refractivity contribution is -0.137. The quantitative estimate of drug-likeness (QED) is 0.612. The second kappa shape index (κ2) is 6.70. The maximum Gasteiger partial charge on any atom is 0.307 e. The van der Waals surface area contributed by atoms with Crippen LogP contribution in [0.15, 0.2) is 24.3 Å². The van der Waals surface area contributed by atoms with Crippen LogP contribution in [0.5, 0.6) is 0 Å². The highest BCUT2D eigenvalue weighted by molar-refractivity contribution is 6.66. The van der Waals surface area contributed by atoms with Gasteiger partial charge in [0.15, 0.2) is 0 Å². The fourth-order valence-corrected chi connectivity index (χ4v) is 1.64. The van der Waals surface area contributed by atoms with Crippen LogP contribution in [0.3, 0.4) is 0 Å². The lowest BCUT2D eigenvalue weighted by Gasteiger charge is -2.07. The molecule has 0 amide bonds. The van der Waals surface area contributed by atoms with Gasteiger partial charge in [0.1, 0.15) is 0 Å². The lowest BCUT2D eigenvalue weighted by Crippen LogP contribution is -2.08. The molecule has 0 saturated heterocycles. The summed E-state index contributed by atoms with van der Waals surface area (Å²) in [6.45, 7) is 0. The summed E-state index contributed by atoms with van der Waals surface area (Å²) >= 11 is 5.15. The predicted octanol–water partition coefficient (Wildman–Crippen LogP) is 1.72. The van der Waals surface area contributed by atoms with E-state index in [0.29, 0.717) is 16.7 Å². The third-order valence-corrected chi connectivity index (χ3v) is 2.45. The smallest absolute Gasteiger partial charge is 0.307 e. The summed E-state index contributed by atoms with van der Waals surface area (Å²) in [4.78, 5) is 32.0. The average molecular weight is 283 g/mol. The number of rotatable bonds is 6. The zero-order valence-corrected chi connectivity index (χ0v) is 10.6. The van der Waals surface area contributed by atoms with E-state index in [1.54, 1.807) is 6.07 Å². The molecule has 1 rings (SSSR count). The van der Waals surface area contributed by atoms with Gasteiger partial charge in [-0.25, -0.2) is 0 Å². The van der Waals surface area contributed by atoms with Crippen LogP contribution in [0.25, 0.3) is 6.08 Å². The summed E-state index contributed by atoms with van der Waals surface area (Å²) in [5, 5.41) is 16.9. The van der Waals surface area contributed by atoms with Crippen LogP contribution in [0, 0.1) is 0 Å². The minimum absolute atomic E-state index is 0.249. The van der Waals surface area contributed by atoms with Crippen LogP contribution >= 0.6 is 11.6 Å². The first kappa shape index (κ1) is 14.9. The second-order valence-electron chi connectivity index (χ2n) is 3.81. The van der Waals surface area contributed by atoms with Crippen molar-refractivity contribution in [3.8, 4) is 0 Å². The third kappa shape index (κ3) is 5.35. The molecule has 0 unspecified atom stereocenters. The lowest BCUT2D eigenvalue weighted by atomic mass is 9.99. The van der Waals surface area contributed by atoms with Gasteiger partial charge in [-0.15, -0.1) is 0 Å². The van der Waals surface area contributed by atoms with Crippen molar-refractivity contribution in [1.29, 1.82) is 0 Å². The van der Waals surface area contributed by atoms with Gasteiger partial charge in [-0.05, 0) is 34.4 Å². The van der Waals surface area contributed by atoms with Crippen molar-refractivity contribution in [3.05, 3.63) is 41.0 Å². The molecule has 2 N–H and O–H groups in total. The van der Waals surface area contributed by atoms with E-state index in [2.05, 4.69) is 0 Å². The molecule has 0 aliphatic heterocycles. The van der Waals surface area contributed by atoms with Crippen LogP contribution < -0.4 is 0 Å². The van der Waals surface area contributed by atoms with Crippen molar-refractivity contribution in [2.24, 2.45) is 0 Å². The van der Waals surface area contributed by atoms with Crippen molar-refractivity contribution >= 4 is 34.9 Å². The van der Waals surface area contributed by atoms with Crippen LogP contribution in [-0.2, 0) is 27.2 Å². The van der Waals surface area contributed by atoms with E-state index in [9.17, 15) is 14.4 Å². The molecule has 0 aliphatic carbocycles. The second-order valence-corrected chi connectivity index (χ2v) is 4.18. The molecule has 0 atom stereocenters. The van der Waals surface area contributed by atoms with Gasteiger partial charge in [0.05, 0.1) is 12.8 Å². The Labute approximate surface area is 114 Å². The molecule has 5 nitrogen and oxygen atoms in total. The summed E-state index contributed by atoms with van der Waals surface area (Å²) in [7, 11) is 0. The Morgan fingerprint density at radius 3 is 2.16 bits per heavy atom. The largest absolute Gasteiger partial charge is 0.481 e. The van der Waals surface area contributed by atoms with Gasteiger partial charge in [-0.1, -0.05) is 24.3 Å². The van der Waals surface area contributed by atoms with Gasteiger partial charge in [0, 0.05) is 0 Å². The maximum atomic E-state index is 10.7. The maximum absolute atomic E-state index is 10.7. The summed E-state index contributed by atoms with van der Waals surface area (Å²) in [5.41, 5.74) is 1.42. The van der Waals surface area contributed by atoms with Crippen molar-refractivity contribution in [2.75, 3.05) is 0 Å². The van der Waals surface area contributed by atoms with Crippen LogP contribution in [0.2, 0.25) is 0 Å². The number of hydrogen-bond acceptors (Lipinski definition) is 3. The molecule has 100 valence electrons. The van der Waals surface area contributed by atoms with Gasteiger partial charge in [-0.2, -0.15) is 0 Å². The molecule has 0 bridgehead atoms. The van der Waals surface area contributed by atoms with E-state index in [1.165, 1.54) is 18.2 Å². The molecular weight excluding hydrogens is 272 g/mol.